The molecule has 38 heavy (non-hydrogen) atoms. The lowest BCUT2D eigenvalue weighted by atomic mass is 9.81. The van der Waals surface area contributed by atoms with Crippen LogP contribution in [0, 0.1) is 11.8 Å². The minimum atomic E-state index is -3.72. The molecule has 0 spiro atoms. The molecule has 1 heterocycles. The van der Waals surface area contributed by atoms with Gasteiger partial charge in [0.2, 0.25) is 27.7 Å². The second-order valence-corrected chi connectivity index (χ2v) is 14.3. The van der Waals surface area contributed by atoms with Crippen LogP contribution in [0.4, 0.5) is 0 Å². The maximum absolute atomic E-state index is 13.8. The molecule has 1 saturated heterocycles. The monoisotopic (exact) mass is 554 g/mol. The maximum Gasteiger partial charge on any atom is 0.255 e. The van der Waals surface area contributed by atoms with Crippen molar-refractivity contribution in [1.29, 1.82) is 0 Å². The average molecular weight is 555 g/mol. The molecule has 1 aliphatic heterocycles. The number of carbonyl (C=O) groups excluding carboxylic acids is 4. The van der Waals surface area contributed by atoms with Gasteiger partial charge in [-0.1, -0.05) is 39.0 Å². The predicted molar refractivity (Wildman–Crippen MR) is 144 cm³/mol. The zero-order chi connectivity index (χ0) is 28.1. The Balaban J connectivity index is 1.68. The number of likely N-dealkylation sites (tertiary alicyclic amines) is 1. The first kappa shape index (κ1) is 30.4. The van der Waals surface area contributed by atoms with E-state index in [4.69, 9.17) is 0 Å². The third-order valence-electron chi connectivity index (χ3n) is 7.72. The van der Waals surface area contributed by atoms with Crippen LogP contribution in [0.25, 0.3) is 0 Å². The van der Waals surface area contributed by atoms with Crippen molar-refractivity contribution in [3.63, 3.8) is 0 Å². The Hall–Kier alpha value is -2.17. The number of amides is 4. The van der Waals surface area contributed by atoms with Gasteiger partial charge in [-0.15, -0.1) is 0 Å². The summed E-state index contributed by atoms with van der Waals surface area (Å²) in [6, 6.07) is -1.76. The second-order valence-electron chi connectivity index (χ2n) is 12.3. The number of rotatable bonds is 11. The minimum absolute atomic E-state index is 0.0798. The molecule has 2 saturated carbocycles. The summed E-state index contributed by atoms with van der Waals surface area (Å²) in [7, 11) is -3.72. The van der Waals surface area contributed by atoms with Gasteiger partial charge in [-0.25, -0.2) is 8.42 Å². The van der Waals surface area contributed by atoms with Crippen molar-refractivity contribution in [3.05, 3.63) is 0 Å². The topological polar surface area (TPSA) is 142 Å². The first-order valence-corrected chi connectivity index (χ1v) is 15.8. The van der Waals surface area contributed by atoms with Crippen LogP contribution in [-0.4, -0.2) is 66.4 Å². The third kappa shape index (κ3) is 8.68. The highest BCUT2D eigenvalue weighted by molar-refractivity contribution is 7.90. The number of hydrogen-bond acceptors (Lipinski definition) is 6. The van der Waals surface area contributed by atoms with Crippen molar-refractivity contribution in [2.45, 2.75) is 128 Å². The summed E-state index contributed by atoms with van der Waals surface area (Å²) in [4.78, 5) is 54.1. The average Bonchev–Trinajstić information content (AvgIpc) is 3.59. The number of nitrogens with one attached hydrogen (secondary N) is 3. The third-order valence-corrected chi connectivity index (χ3v) is 9.56. The molecule has 216 valence electrons. The van der Waals surface area contributed by atoms with Crippen molar-refractivity contribution in [2.24, 2.45) is 11.8 Å². The summed E-state index contributed by atoms with van der Waals surface area (Å²) in [5.41, 5.74) is -0.408. The van der Waals surface area contributed by atoms with Crippen LogP contribution in [0.1, 0.15) is 105 Å². The molecule has 3 N–H and O–H groups in total. The molecular weight excluding hydrogens is 508 g/mol. The van der Waals surface area contributed by atoms with E-state index < -0.39 is 50.6 Å². The normalized spacial score (nSPS) is 22.4. The molecule has 3 aliphatic rings. The van der Waals surface area contributed by atoms with Crippen molar-refractivity contribution < 1.29 is 27.6 Å². The van der Waals surface area contributed by atoms with Gasteiger partial charge >= 0.3 is 0 Å². The van der Waals surface area contributed by atoms with E-state index >= 15 is 0 Å². The number of hydrogen-bond donors (Lipinski definition) is 3. The van der Waals surface area contributed by atoms with Gasteiger partial charge in [0.25, 0.3) is 5.91 Å². The molecule has 2 unspecified atom stereocenters. The smallest absolute Gasteiger partial charge is 0.255 e. The van der Waals surface area contributed by atoms with Gasteiger partial charge in [-0.3, -0.25) is 23.9 Å². The van der Waals surface area contributed by atoms with Gasteiger partial charge < -0.3 is 15.5 Å². The van der Waals surface area contributed by atoms with Crippen LogP contribution in [0.5, 0.6) is 0 Å². The lowest BCUT2D eigenvalue weighted by Crippen LogP contribution is -2.54. The van der Waals surface area contributed by atoms with E-state index in [1.807, 2.05) is 20.8 Å². The fraction of sp³-hybridized carbons (Fsp3) is 0.852. The highest BCUT2D eigenvalue weighted by atomic mass is 32.2. The van der Waals surface area contributed by atoms with Gasteiger partial charge in [-0.2, -0.15) is 0 Å². The summed E-state index contributed by atoms with van der Waals surface area (Å²) in [5.74, 6) is -1.70. The lowest BCUT2D eigenvalue weighted by molar-refractivity contribution is -0.144. The van der Waals surface area contributed by atoms with Crippen molar-refractivity contribution in [3.8, 4) is 0 Å². The van der Waals surface area contributed by atoms with E-state index in [1.165, 1.54) is 6.42 Å². The zero-order valence-electron chi connectivity index (χ0n) is 23.4. The fourth-order valence-corrected chi connectivity index (χ4v) is 6.97. The molecule has 0 aromatic rings. The minimum Gasteiger partial charge on any atom is -0.351 e. The van der Waals surface area contributed by atoms with Gasteiger partial charge in [-0.05, 0) is 65.2 Å². The van der Waals surface area contributed by atoms with E-state index in [0.29, 0.717) is 44.6 Å². The van der Waals surface area contributed by atoms with E-state index in [1.54, 1.807) is 11.8 Å². The fourth-order valence-electron chi connectivity index (χ4n) is 5.62. The molecule has 11 heteroatoms. The molecule has 3 fully saturated rings. The van der Waals surface area contributed by atoms with Crippen LogP contribution in [0.3, 0.4) is 0 Å². The first-order chi connectivity index (χ1) is 17.8. The lowest BCUT2D eigenvalue weighted by Gasteiger charge is -2.32. The summed E-state index contributed by atoms with van der Waals surface area (Å²) in [6.45, 7) is 7.82. The van der Waals surface area contributed by atoms with E-state index in [2.05, 4.69) is 15.4 Å². The Morgan fingerprint density at radius 2 is 1.61 bits per heavy atom. The summed E-state index contributed by atoms with van der Waals surface area (Å²) in [5, 5.41) is 5.10. The Labute approximate surface area is 227 Å². The van der Waals surface area contributed by atoms with Gasteiger partial charge in [0.05, 0.1) is 5.25 Å². The molecule has 2 aliphatic carbocycles. The molecule has 3 rings (SSSR count). The highest BCUT2D eigenvalue weighted by Gasteiger charge is 2.41. The quantitative estimate of drug-likeness (QED) is 0.358. The van der Waals surface area contributed by atoms with Crippen LogP contribution in [0.2, 0.25) is 0 Å². The first-order valence-electron chi connectivity index (χ1n) is 14.3. The van der Waals surface area contributed by atoms with Gasteiger partial charge in [0.1, 0.15) is 12.1 Å². The molecule has 4 amide bonds. The SMILES string of the molecule is CCC(NC(=O)C1CCCN1C(=O)[C@@H](CC(=O)NC(C)(C)C)CC1CCCCC1)C(=O)NS(=O)(=O)C1CC1. The van der Waals surface area contributed by atoms with Crippen molar-refractivity contribution >= 4 is 33.7 Å². The van der Waals surface area contributed by atoms with Crippen LogP contribution in [-0.2, 0) is 29.2 Å². The molecular formula is C27H46N4O6S. The Morgan fingerprint density at radius 1 is 0.947 bits per heavy atom. The zero-order valence-corrected chi connectivity index (χ0v) is 24.2. The van der Waals surface area contributed by atoms with E-state index in [0.717, 1.165) is 25.7 Å². The van der Waals surface area contributed by atoms with Crippen molar-refractivity contribution in [1.82, 2.24) is 20.3 Å². The van der Waals surface area contributed by atoms with E-state index in [9.17, 15) is 27.6 Å². The van der Waals surface area contributed by atoms with Crippen molar-refractivity contribution in [2.75, 3.05) is 6.54 Å². The van der Waals surface area contributed by atoms with Gasteiger partial charge in [0, 0.05) is 24.4 Å². The van der Waals surface area contributed by atoms with E-state index in [-0.39, 0.29) is 24.7 Å². The van der Waals surface area contributed by atoms with Crippen LogP contribution < -0.4 is 15.4 Å². The Bertz CT molecular complexity index is 982. The Morgan fingerprint density at radius 3 is 2.18 bits per heavy atom. The molecule has 0 aromatic heterocycles. The number of nitrogens with zero attached hydrogens (tertiary/aromatic N) is 1. The second kappa shape index (κ2) is 12.8. The number of carbonyl (C=O) groups is 4. The molecule has 0 aromatic carbocycles. The van der Waals surface area contributed by atoms with Crippen LogP contribution >= 0.6 is 0 Å². The molecule has 0 radical (unpaired) electrons. The van der Waals surface area contributed by atoms with Crippen LogP contribution in [0.15, 0.2) is 0 Å². The molecule has 0 bridgehead atoms. The summed E-state index contributed by atoms with van der Waals surface area (Å²) in [6.07, 6.45) is 8.64. The molecule has 3 atom stereocenters. The summed E-state index contributed by atoms with van der Waals surface area (Å²) < 4.78 is 26.5. The highest BCUT2D eigenvalue weighted by Crippen LogP contribution is 2.32. The summed E-state index contributed by atoms with van der Waals surface area (Å²) >= 11 is 0. The largest absolute Gasteiger partial charge is 0.351 e. The standard InChI is InChI=1S/C27H46N4O6S/c1-5-21(24(33)30-38(36,37)20-13-14-20)28-25(34)22-12-9-15-31(22)26(35)19(16-18-10-7-6-8-11-18)17-23(32)29-27(2,3)4/h18-22H,5-17H2,1-4H3,(H,28,34)(H,29,32)(H,30,33)/t19-,21?,22?/m1/s1. The maximum atomic E-state index is 13.8. The molecule has 10 nitrogen and oxygen atoms in total. The number of sulfonamides is 1. The van der Waals surface area contributed by atoms with Gasteiger partial charge in [0.15, 0.2) is 0 Å². The predicted octanol–water partition coefficient (Wildman–Crippen LogP) is 2.37. The Kier molecular flexibility index (Phi) is 10.2.